The number of carbonyl (C=O) groups is 2. The number of primary amides is 1. The lowest BCUT2D eigenvalue weighted by Crippen LogP contribution is -2.36. The number of allylic oxidation sites excluding steroid dienone is 3. The molecule has 0 bridgehead atoms. The maximum Gasteiger partial charge on any atom is 0.414 e. The molecule has 0 saturated carbocycles. The number of aromatic nitrogens is 2. The first-order valence-corrected chi connectivity index (χ1v) is 14.1. The molecular weight excluding hydrogens is 571 g/mol. The van der Waals surface area contributed by atoms with E-state index in [-0.39, 0.29) is 18.8 Å². The van der Waals surface area contributed by atoms with Gasteiger partial charge < -0.3 is 15.2 Å². The number of fused-ring (bicyclic) bond motifs is 1. The average Bonchev–Trinajstić information content (AvgIpc) is 3.42. The molecule has 1 aliphatic rings. The normalized spacial score (nSPS) is 13.2. The van der Waals surface area contributed by atoms with Gasteiger partial charge in [0.05, 0.1) is 29.0 Å². The van der Waals surface area contributed by atoms with Crippen LogP contribution in [0.2, 0.25) is 5.02 Å². The first kappa shape index (κ1) is 29.3. The predicted molar refractivity (Wildman–Crippen MR) is 160 cm³/mol. The lowest BCUT2D eigenvalue weighted by atomic mass is 10.1. The number of anilines is 1. The monoisotopic (exact) mass is 598 g/mol. The number of rotatable bonds is 10. The van der Waals surface area contributed by atoms with Crippen molar-refractivity contribution in [1.29, 1.82) is 0 Å². The molecule has 2 aromatic carbocycles. The molecule has 0 aliphatic carbocycles. The van der Waals surface area contributed by atoms with Crippen molar-refractivity contribution in [2.24, 2.45) is 5.73 Å². The summed E-state index contributed by atoms with van der Waals surface area (Å²) < 4.78 is 12.8. The lowest BCUT2D eigenvalue weighted by molar-refractivity contribution is 0.1000. The van der Waals surface area contributed by atoms with Crippen molar-refractivity contribution in [3.05, 3.63) is 101 Å². The Labute approximate surface area is 247 Å². The Balaban J connectivity index is 1.45. The van der Waals surface area contributed by atoms with Crippen LogP contribution in [0, 0.1) is 0 Å². The zero-order valence-corrected chi connectivity index (χ0v) is 24.2. The van der Waals surface area contributed by atoms with E-state index >= 15 is 0 Å². The van der Waals surface area contributed by atoms with Crippen molar-refractivity contribution in [1.82, 2.24) is 9.78 Å². The Morgan fingerprint density at radius 2 is 1.95 bits per heavy atom. The number of ether oxygens (including phenoxy) is 2. The summed E-state index contributed by atoms with van der Waals surface area (Å²) in [7, 11) is 0. The molecule has 0 spiro atoms. The Morgan fingerprint density at radius 1 is 1.20 bits per heavy atom. The summed E-state index contributed by atoms with van der Waals surface area (Å²) in [6.45, 7) is 10.3. The minimum atomic E-state index is -0.581. The van der Waals surface area contributed by atoms with Gasteiger partial charge in [-0.05, 0) is 24.6 Å². The van der Waals surface area contributed by atoms with Crippen molar-refractivity contribution in [3.8, 4) is 11.1 Å². The molecule has 1 aromatic heterocycles. The van der Waals surface area contributed by atoms with Crippen molar-refractivity contribution >= 4 is 52.7 Å². The third kappa shape index (κ3) is 6.55. The Hall–Kier alpha value is -3.66. The van der Waals surface area contributed by atoms with Gasteiger partial charge in [-0.1, -0.05) is 66.7 Å². The molecular formula is C29H28Cl2N4O4S. The number of hydrogen-bond donors (Lipinski definition) is 1. The Kier molecular flexibility index (Phi) is 9.63. The molecule has 0 saturated heterocycles. The van der Waals surface area contributed by atoms with E-state index in [2.05, 4.69) is 18.3 Å². The van der Waals surface area contributed by atoms with Crippen LogP contribution in [-0.2, 0) is 16.0 Å². The molecule has 0 fully saturated rings. The van der Waals surface area contributed by atoms with Crippen LogP contribution in [0.1, 0.15) is 22.8 Å². The third-order valence-electron chi connectivity index (χ3n) is 6.23. The molecule has 2 N–H and O–H groups in total. The highest BCUT2D eigenvalue weighted by Crippen LogP contribution is 2.42. The summed E-state index contributed by atoms with van der Waals surface area (Å²) in [5.41, 5.74) is 9.69. The van der Waals surface area contributed by atoms with Gasteiger partial charge in [-0.2, -0.15) is 5.10 Å². The van der Waals surface area contributed by atoms with Crippen LogP contribution in [0.5, 0.6) is 0 Å². The van der Waals surface area contributed by atoms with Crippen LogP contribution < -0.4 is 10.6 Å². The van der Waals surface area contributed by atoms with Crippen LogP contribution in [0.25, 0.3) is 11.1 Å². The predicted octanol–water partition coefficient (Wildman–Crippen LogP) is 6.63. The molecule has 0 unspecified atom stereocenters. The van der Waals surface area contributed by atoms with E-state index in [4.69, 9.17) is 38.4 Å². The summed E-state index contributed by atoms with van der Waals surface area (Å²) in [6.07, 6.45) is 4.72. The van der Waals surface area contributed by atoms with E-state index in [0.717, 1.165) is 27.3 Å². The standard InChI is InChI=1S/C29H28Cl2N4O4S/c1-4-24(30)18(2)19(3)38-12-13-39-29(37)35-11-14-40-27-22(8-6-10-25(27)35)21-15-33-34(17-21)16-20-7-5-9-23(26(20)31)28(32)36/h4-10,15,17H,1,3,11-14,16H2,2H3,(H2,32,36)/b24-18+. The van der Waals surface area contributed by atoms with Gasteiger partial charge in [0.25, 0.3) is 0 Å². The van der Waals surface area contributed by atoms with Crippen molar-refractivity contribution < 1.29 is 19.1 Å². The number of halogens is 2. The van der Waals surface area contributed by atoms with Crippen LogP contribution >= 0.6 is 35.0 Å². The Bertz CT molecular complexity index is 1500. The molecule has 1 aliphatic heterocycles. The quantitative estimate of drug-likeness (QED) is 0.160. The minimum Gasteiger partial charge on any atom is -0.490 e. The fourth-order valence-corrected chi connectivity index (χ4v) is 5.62. The molecule has 4 rings (SSSR count). The van der Waals surface area contributed by atoms with Crippen LogP contribution in [0.3, 0.4) is 0 Å². The van der Waals surface area contributed by atoms with E-state index in [9.17, 15) is 9.59 Å². The summed E-state index contributed by atoms with van der Waals surface area (Å²) in [4.78, 5) is 27.2. The third-order valence-corrected chi connectivity index (χ3v) is 8.22. The molecule has 8 nitrogen and oxygen atoms in total. The molecule has 2 heterocycles. The van der Waals surface area contributed by atoms with Gasteiger partial charge in [-0.3, -0.25) is 14.4 Å². The van der Waals surface area contributed by atoms with Gasteiger partial charge in [0.1, 0.15) is 19.0 Å². The van der Waals surface area contributed by atoms with Gasteiger partial charge in [0.15, 0.2) is 0 Å². The summed E-state index contributed by atoms with van der Waals surface area (Å²) >= 11 is 14.1. The van der Waals surface area contributed by atoms with E-state index in [0.29, 0.717) is 40.2 Å². The largest absolute Gasteiger partial charge is 0.490 e. The van der Waals surface area contributed by atoms with Crippen molar-refractivity contribution in [2.45, 2.75) is 18.4 Å². The maximum atomic E-state index is 13.0. The smallest absolute Gasteiger partial charge is 0.414 e. The summed E-state index contributed by atoms with van der Waals surface area (Å²) in [6, 6.07) is 10.9. The first-order chi connectivity index (χ1) is 19.2. The Morgan fingerprint density at radius 3 is 2.70 bits per heavy atom. The molecule has 0 atom stereocenters. The number of amides is 2. The number of nitrogens with zero attached hydrogens (tertiary/aromatic N) is 3. The van der Waals surface area contributed by atoms with E-state index in [1.54, 1.807) is 46.6 Å². The van der Waals surface area contributed by atoms with Crippen LogP contribution in [-0.4, -0.2) is 47.3 Å². The second-order valence-electron chi connectivity index (χ2n) is 8.79. The van der Waals surface area contributed by atoms with Gasteiger partial charge in [-0.15, -0.1) is 11.8 Å². The lowest BCUT2D eigenvalue weighted by Gasteiger charge is -2.29. The maximum absolute atomic E-state index is 13.0. The fourth-order valence-electron chi connectivity index (χ4n) is 4.09. The number of thioether (sulfide) groups is 1. The molecule has 11 heteroatoms. The minimum absolute atomic E-state index is 0.0573. The first-order valence-electron chi connectivity index (χ1n) is 12.3. The van der Waals surface area contributed by atoms with Crippen LogP contribution in [0.15, 0.2) is 89.3 Å². The molecule has 40 heavy (non-hydrogen) atoms. The van der Waals surface area contributed by atoms with Crippen molar-refractivity contribution in [2.75, 3.05) is 30.4 Å². The van der Waals surface area contributed by atoms with Crippen LogP contribution in [0.4, 0.5) is 10.5 Å². The van der Waals surface area contributed by atoms with Crippen molar-refractivity contribution in [3.63, 3.8) is 0 Å². The van der Waals surface area contributed by atoms with Gasteiger partial charge in [0.2, 0.25) is 5.91 Å². The van der Waals surface area contributed by atoms with E-state index < -0.39 is 12.0 Å². The summed E-state index contributed by atoms with van der Waals surface area (Å²) in [5, 5.41) is 5.25. The van der Waals surface area contributed by atoms with E-state index in [1.807, 2.05) is 30.5 Å². The zero-order valence-electron chi connectivity index (χ0n) is 21.9. The topological polar surface area (TPSA) is 99.7 Å². The molecule has 3 aromatic rings. The number of benzene rings is 2. The molecule has 0 radical (unpaired) electrons. The molecule has 208 valence electrons. The van der Waals surface area contributed by atoms with Gasteiger partial charge >= 0.3 is 6.09 Å². The summed E-state index contributed by atoms with van der Waals surface area (Å²) in [5.74, 6) is 0.525. The average molecular weight is 600 g/mol. The van der Waals surface area contributed by atoms with Gasteiger partial charge in [-0.25, -0.2) is 4.79 Å². The van der Waals surface area contributed by atoms with Gasteiger partial charge in [0, 0.05) is 45.1 Å². The SMILES string of the molecule is C=C/C(Cl)=C(/C)C(=C)OCCOC(=O)N1CCSc2c(-c3cnn(Cc4cccc(C(N)=O)c4Cl)c3)cccc21. The highest BCUT2D eigenvalue weighted by atomic mass is 35.5. The molecule has 2 amide bonds. The zero-order chi connectivity index (χ0) is 28.8. The highest BCUT2D eigenvalue weighted by molar-refractivity contribution is 7.99. The highest BCUT2D eigenvalue weighted by Gasteiger charge is 2.26. The second-order valence-corrected chi connectivity index (χ2v) is 10.7. The second kappa shape index (κ2) is 13.1. The number of carbonyl (C=O) groups excluding carboxylic acids is 2. The fraction of sp³-hybridized carbons (Fsp3) is 0.207. The number of nitrogens with two attached hydrogens (primary N) is 1. The van der Waals surface area contributed by atoms with E-state index in [1.165, 1.54) is 6.08 Å². The number of hydrogen-bond acceptors (Lipinski definition) is 6.